The normalized spacial score (nSPS) is 16.3. The third-order valence-electron chi connectivity index (χ3n) is 3.97. The number of nitrogens with zero attached hydrogens (tertiary/aromatic N) is 2. The summed E-state index contributed by atoms with van der Waals surface area (Å²) in [6.45, 7) is 4.40. The number of piperazine rings is 1. The van der Waals surface area contributed by atoms with Crippen LogP contribution in [0.5, 0.6) is 0 Å². The Hall–Kier alpha value is -1.66. The summed E-state index contributed by atoms with van der Waals surface area (Å²) in [5.74, 6) is -0.703. The lowest BCUT2D eigenvalue weighted by atomic mass is 10.1. The summed E-state index contributed by atoms with van der Waals surface area (Å²) < 4.78 is 13.1. The summed E-state index contributed by atoms with van der Waals surface area (Å²) in [4.78, 5) is 28.1. The van der Waals surface area contributed by atoms with Gasteiger partial charge in [0.05, 0.1) is 10.6 Å². The molecule has 2 rings (SSSR count). The predicted octanol–water partition coefficient (Wildman–Crippen LogP) is 1.62. The van der Waals surface area contributed by atoms with Crippen LogP contribution in [-0.4, -0.2) is 61.4 Å². The molecule has 23 heavy (non-hydrogen) atoms. The highest BCUT2D eigenvalue weighted by Crippen LogP contribution is 2.20. The number of rotatable bonds is 4. The van der Waals surface area contributed by atoms with Gasteiger partial charge >= 0.3 is 0 Å². The third-order valence-corrected chi connectivity index (χ3v) is 4.28. The lowest BCUT2D eigenvalue weighted by molar-refractivity contribution is -0.136. The van der Waals surface area contributed by atoms with Crippen molar-refractivity contribution in [1.82, 2.24) is 15.1 Å². The van der Waals surface area contributed by atoms with Gasteiger partial charge in [-0.2, -0.15) is 0 Å². The maximum Gasteiger partial charge on any atom is 0.255 e. The van der Waals surface area contributed by atoms with E-state index in [1.165, 1.54) is 12.1 Å². The third kappa shape index (κ3) is 4.20. The van der Waals surface area contributed by atoms with Crippen LogP contribution in [0.2, 0.25) is 5.02 Å². The van der Waals surface area contributed by atoms with E-state index in [0.717, 1.165) is 6.07 Å². The first-order chi connectivity index (χ1) is 10.9. The Balaban J connectivity index is 1.96. The Bertz CT molecular complexity index is 589. The molecule has 0 radical (unpaired) electrons. The minimum Gasteiger partial charge on any atom is -0.339 e. The first-order valence-corrected chi connectivity index (χ1v) is 7.99. The highest BCUT2D eigenvalue weighted by Gasteiger charge is 2.27. The van der Waals surface area contributed by atoms with Crippen LogP contribution >= 0.6 is 11.6 Å². The molecule has 1 aromatic rings. The van der Waals surface area contributed by atoms with Crippen LogP contribution in [0.1, 0.15) is 17.3 Å². The molecule has 1 heterocycles. The second kappa shape index (κ2) is 7.75. The standard InChI is InChI=1S/C16H21ClFN3O2/c1-11(10-19-2)15(22)20-5-7-21(8-6-20)16(23)13-4-3-12(18)9-14(13)17/h3-4,9,11,19H,5-8,10H2,1-2H3. The quantitative estimate of drug-likeness (QED) is 0.905. The van der Waals surface area contributed by atoms with E-state index in [1.54, 1.807) is 9.80 Å². The van der Waals surface area contributed by atoms with E-state index in [-0.39, 0.29) is 28.3 Å². The lowest BCUT2D eigenvalue weighted by Gasteiger charge is -2.36. The largest absolute Gasteiger partial charge is 0.339 e. The Morgan fingerprint density at radius 3 is 2.43 bits per heavy atom. The second-order valence-electron chi connectivity index (χ2n) is 5.70. The summed E-state index contributed by atoms with van der Waals surface area (Å²) >= 11 is 5.94. The molecule has 1 unspecified atom stereocenters. The summed E-state index contributed by atoms with van der Waals surface area (Å²) in [7, 11) is 1.81. The van der Waals surface area contributed by atoms with Crippen LogP contribution in [0, 0.1) is 11.7 Å². The van der Waals surface area contributed by atoms with E-state index in [4.69, 9.17) is 11.6 Å². The van der Waals surface area contributed by atoms with Gasteiger partial charge in [-0.05, 0) is 25.2 Å². The monoisotopic (exact) mass is 341 g/mol. The Labute approximate surface area is 140 Å². The van der Waals surface area contributed by atoms with Crippen LogP contribution in [0.3, 0.4) is 0 Å². The lowest BCUT2D eigenvalue weighted by Crippen LogP contribution is -2.52. The van der Waals surface area contributed by atoms with Crippen molar-refractivity contribution >= 4 is 23.4 Å². The minimum atomic E-state index is -0.472. The molecule has 1 saturated heterocycles. The molecule has 1 N–H and O–H groups in total. The van der Waals surface area contributed by atoms with E-state index in [0.29, 0.717) is 32.7 Å². The van der Waals surface area contributed by atoms with E-state index in [1.807, 2.05) is 14.0 Å². The minimum absolute atomic E-state index is 0.0891. The molecule has 126 valence electrons. The maximum absolute atomic E-state index is 13.1. The fraction of sp³-hybridized carbons (Fsp3) is 0.500. The van der Waals surface area contributed by atoms with Gasteiger partial charge in [-0.3, -0.25) is 9.59 Å². The molecular formula is C16H21ClFN3O2. The molecule has 1 atom stereocenters. The molecule has 5 nitrogen and oxygen atoms in total. The van der Waals surface area contributed by atoms with Crippen LogP contribution in [0.4, 0.5) is 4.39 Å². The first kappa shape index (κ1) is 17.7. The molecule has 0 spiro atoms. The molecule has 0 aliphatic carbocycles. The fourth-order valence-electron chi connectivity index (χ4n) is 2.67. The van der Waals surface area contributed by atoms with Crippen molar-refractivity contribution < 1.29 is 14.0 Å². The van der Waals surface area contributed by atoms with Gasteiger partial charge in [-0.1, -0.05) is 18.5 Å². The SMILES string of the molecule is CNCC(C)C(=O)N1CCN(C(=O)c2ccc(F)cc2Cl)CC1. The number of amides is 2. The van der Waals surface area contributed by atoms with Gasteiger partial charge in [0.15, 0.2) is 0 Å². The second-order valence-corrected chi connectivity index (χ2v) is 6.11. The van der Waals surface area contributed by atoms with Gasteiger partial charge < -0.3 is 15.1 Å². The van der Waals surface area contributed by atoms with E-state index < -0.39 is 5.82 Å². The number of hydrogen-bond donors (Lipinski definition) is 1. The highest BCUT2D eigenvalue weighted by molar-refractivity contribution is 6.33. The zero-order valence-corrected chi connectivity index (χ0v) is 14.1. The molecule has 0 bridgehead atoms. The number of carbonyl (C=O) groups is 2. The predicted molar refractivity (Wildman–Crippen MR) is 87.0 cm³/mol. The molecule has 0 saturated carbocycles. The van der Waals surface area contributed by atoms with Gasteiger partial charge in [-0.15, -0.1) is 0 Å². The highest BCUT2D eigenvalue weighted by atomic mass is 35.5. The van der Waals surface area contributed by atoms with Gasteiger partial charge in [0.2, 0.25) is 5.91 Å². The van der Waals surface area contributed by atoms with E-state index in [2.05, 4.69) is 5.32 Å². The Morgan fingerprint density at radius 1 is 1.26 bits per heavy atom. The molecule has 1 aliphatic rings. The van der Waals surface area contributed by atoms with Crippen molar-refractivity contribution in [3.8, 4) is 0 Å². The van der Waals surface area contributed by atoms with Crippen molar-refractivity contribution in [2.45, 2.75) is 6.92 Å². The Morgan fingerprint density at radius 2 is 1.87 bits per heavy atom. The zero-order chi connectivity index (χ0) is 17.0. The molecule has 1 aliphatic heterocycles. The summed E-state index contributed by atoms with van der Waals surface area (Å²) in [6, 6.07) is 3.75. The first-order valence-electron chi connectivity index (χ1n) is 7.61. The molecule has 7 heteroatoms. The van der Waals surface area contributed by atoms with Crippen molar-refractivity contribution in [2.75, 3.05) is 39.8 Å². The summed E-state index contributed by atoms with van der Waals surface area (Å²) in [5.41, 5.74) is 0.288. The zero-order valence-electron chi connectivity index (χ0n) is 13.3. The smallest absolute Gasteiger partial charge is 0.255 e. The van der Waals surface area contributed by atoms with Crippen molar-refractivity contribution in [3.05, 3.63) is 34.6 Å². The average molecular weight is 342 g/mol. The van der Waals surface area contributed by atoms with Crippen molar-refractivity contribution in [2.24, 2.45) is 5.92 Å². The van der Waals surface area contributed by atoms with E-state index in [9.17, 15) is 14.0 Å². The van der Waals surface area contributed by atoms with E-state index >= 15 is 0 Å². The fourth-order valence-corrected chi connectivity index (χ4v) is 2.92. The number of benzene rings is 1. The van der Waals surface area contributed by atoms with Gasteiger partial charge in [-0.25, -0.2) is 4.39 Å². The molecule has 1 aromatic carbocycles. The van der Waals surface area contributed by atoms with Crippen molar-refractivity contribution in [3.63, 3.8) is 0 Å². The Kier molecular flexibility index (Phi) is 5.96. The van der Waals surface area contributed by atoms with Crippen LogP contribution in [0.25, 0.3) is 0 Å². The summed E-state index contributed by atoms with van der Waals surface area (Å²) in [5, 5.41) is 3.10. The number of nitrogens with one attached hydrogen (secondary N) is 1. The van der Waals surface area contributed by atoms with Gasteiger partial charge in [0.25, 0.3) is 5.91 Å². The number of carbonyl (C=O) groups excluding carboxylic acids is 2. The number of hydrogen-bond acceptors (Lipinski definition) is 3. The topological polar surface area (TPSA) is 52.7 Å². The maximum atomic E-state index is 13.1. The molecule has 0 aromatic heterocycles. The van der Waals surface area contributed by atoms with Crippen LogP contribution in [0.15, 0.2) is 18.2 Å². The van der Waals surface area contributed by atoms with Crippen LogP contribution < -0.4 is 5.32 Å². The van der Waals surface area contributed by atoms with Gasteiger partial charge in [0.1, 0.15) is 5.82 Å². The molecule has 2 amide bonds. The summed E-state index contributed by atoms with van der Waals surface area (Å²) in [6.07, 6.45) is 0. The van der Waals surface area contributed by atoms with Crippen LogP contribution in [-0.2, 0) is 4.79 Å². The number of halogens is 2. The average Bonchev–Trinajstić information content (AvgIpc) is 2.54. The molecular weight excluding hydrogens is 321 g/mol. The van der Waals surface area contributed by atoms with Gasteiger partial charge in [0, 0.05) is 38.6 Å². The molecule has 1 fully saturated rings. The van der Waals surface area contributed by atoms with Crippen molar-refractivity contribution in [1.29, 1.82) is 0 Å².